The molecule has 26 heavy (non-hydrogen) atoms. The summed E-state index contributed by atoms with van der Waals surface area (Å²) in [5, 5.41) is 36.7. The predicted octanol–water partition coefficient (Wildman–Crippen LogP) is 3.21. The fourth-order valence-electron chi connectivity index (χ4n) is 4.19. The first-order chi connectivity index (χ1) is 12.1. The molecule has 2 aliphatic carbocycles. The van der Waals surface area contributed by atoms with Crippen LogP contribution in [0.4, 0.5) is 0 Å². The molecule has 0 amide bonds. The number of aliphatic hydroxyl groups is 3. The van der Waals surface area contributed by atoms with Crippen molar-refractivity contribution in [1.29, 1.82) is 0 Å². The molecule has 0 saturated heterocycles. The van der Waals surface area contributed by atoms with Crippen LogP contribution in [0.1, 0.15) is 37.9 Å². The predicted molar refractivity (Wildman–Crippen MR) is 102 cm³/mol. The van der Waals surface area contributed by atoms with Gasteiger partial charge in [0, 0.05) is 18.8 Å². The second-order valence-corrected chi connectivity index (χ2v) is 7.72. The molecule has 3 rings (SSSR count). The Morgan fingerprint density at radius 2 is 2.04 bits per heavy atom. The topological polar surface area (TPSA) is 78.5 Å². The summed E-state index contributed by atoms with van der Waals surface area (Å²) in [5.74, 6) is -0.436. The van der Waals surface area contributed by atoms with E-state index in [1.807, 2.05) is 33.2 Å². The van der Waals surface area contributed by atoms with Crippen molar-refractivity contribution in [3.8, 4) is 0 Å². The van der Waals surface area contributed by atoms with Gasteiger partial charge in [0.25, 0.3) is 0 Å². The van der Waals surface area contributed by atoms with Crippen molar-refractivity contribution >= 4 is 5.57 Å². The van der Waals surface area contributed by atoms with E-state index in [1.54, 1.807) is 23.8 Å². The van der Waals surface area contributed by atoms with E-state index in [9.17, 15) is 15.3 Å². The van der Waals surface area contributed by atoms with Crippen molar-refractivity contribution in [2.45, 2.75) is 45.3 Å². The quantitative estimate of drug-likeness (QED) is 0.727. The molecule has 2 aliphatic rings. The van der Waals surface area contributed by atoms with E-state index in [1.165, 1.54) is 0 Å². The fraction of sp³-hybridized carbons (Fsp3) is 0.476. The Morgan fingerprint density at radius 3 is 2.58 bits per heavy atom. The van der Waals surface area contributed by atoms with E-state index in [2.05, 4.69) is 11.7 Å². The van der Waals surface area contributed by atoms with Crippen LogP contribution in [0.25, 0.3) is 5.57 Å². The van der Waals surface area contributed by atoms with Gasteiger partial charge in [0.2, 0.25) is 0 Å². The average Bonchev–Trinajstić information content (AvgIpc) is 2.88. The molecule has 1 heterocycles. The van der Waals surface area contributed by atoms with Crippen LogP contribution in [0.3, 0.4) is 0 Å². The molecule has 1 aromatic heterocycles. The summed E-state index contributed by atoms with van der Waals surface area (Å²) in [5.41, 5.74) is 2.56. The normalized spacial score (nSPS) is 31.9. The van der Waals surface area contributed by atoms with Gasteiger partial charge >= 0.3 is 0 Å². The third-order valence-electron chi connectivity index (χ3n) is 5.68. The lowest BCUT2D eigenvalue weighted by Crippen LogP contribution is -2.44. The summed E-state index contributed by atoms with van der Waals surface area (Å²) in [6, 6.07) is 0. The van der Waals surface area contributed by atoms with Gasteiger partial charge in [-0.15, -0.1) is 0 Å². The zero-order chi connectivity index (χ0) is 19.2. The van der Waals surface area contributed by atoms with Gasteiger partial charge in [-0.2, -0.15) is 5.10 Å². The van der Waals surface area contributed by atoms with Gasteiger partial charge in [-0.05, 0) is 68.4 Å². The molecule has 0 aliphatic heterocycles. The van der Waals surface area contributed by atoms with Crippen molar-refractivity contribution in [3.63, 3.8) is 0 Å². The highest BCUT2D eigenvalue weighted by atomic mass is 16.3. The standard InChI is InChI=1S/C21H28N2O3/c1-12(2)21(26)10-16(17-11-23(5)22-14(17)4)9-19(25)20(21)15-6-7-18(24)13(3)8-15/h8-11,15,18,20,24-26H,1,6-7H2,2-5H3/t15?,18?,20-,21?/m0/s1. The number of rotatable bonds is 3. The molecule has 0 bridgehead atoms. The molecule has 0 fully saturated rings. The molecule has 0 radical (unpaired) electrons. The van der Waals surface area contributed by atoms with Gasteiger partial charge < -0.3 is 15.3 Å². The lowest BCUT2D eigenvalue weighted by Gasteiger charge is -2.42. The van der Waals surface area contributed by atoms with E-state index in [0.717, 1.165) is 22.4 Å². The number of nitrogens with zero attached hydrogens (tertiary/aromatic N) is 2. The van der Waals surface area contributed by atoms with Crippen molar-refractivity contribution < 1.29 is 15.3 Å². The first kappa shape index (κ1) is 18.7. The summed E-state index contributed by atoms with van der Waals surface area (Å²) in [6.07, 6.45) is 8.25. The van der Waals surface area contributed by atoms with Crippen molar-refractivity contribution in [2.75, 3.05) is 0 Å². The molecule has 5 nitrogen and oxygen atoms in total. The summed E-state index contributed by atoms with van der Waals surface area (Å²) >= 11 is 0. The van der Waals surface area contributed by atoms with Crippen molar-refractivity contribution in [1.82, 2.24) is 9.78 Å². The summed E-state index contributed by atoms with van der Waals surface area (Å²) in [6.45, 7) is 9.57. The van der Waals surface area contributed by atoms with Gasteiger partial charge in [-0.1, -0.05) is 12.7 Å². The van der Waals surface area contributed by atoms with Gasteiger partial charge in [0.1, 0.15) is 11.4 Å². The molecular formula is C21H28N2O3. The second kappa shape index (κ2) is 6.56. The molecule has 140 valence electrons. The Hall–Kier alpha value is -2.11. The maximum atomic E-state index is 11.5. The number of aliphatic hydroxyl groups excluding tert-OH is 2. The third kappa shape index (κ3) is 3.06. The zero-order valence-corrected chi connectivity index (χ0v) is 15.9. The molecule has 0 aromatic carbocycles. The number of hydrogen-bond donors (Lipinski definition) is 3. The molecule has 3 unspecified atom stereocenters. The largest absolute Gasteiger partial charge is 0.512 e. The molecule has 3 N–H and O–H groups in total. The number of hydrogen-bond acceptors (Lipinski definition) is 4. The molecule has 0 spiro atoms. The highest BCUT2D eigenvalue weighted by Gasteiger charge is 2.46. The van der Waals surface area contributed by atoms with E-state index < -0.39 is 17.6 Å². The van der Waals surface area contributed by atoms with Gasteiger partial charge in [0.15, 0.2) is 0 Å². The smallest absolute Gasteiger partial charge is 0.114 e. The first-order valence-corrected chi connectivity index (χ1v) is 9.02. The van der Waals surface area contributed by atoms with Crippen LogP contribution in [-0.4, -0.2) is 36.8 Å². The summed E-state index contributed by atoms with van der Waals surface area (Å²) in [4.78, 5) is 0. The third-order valence-corrected chi connectivity index (χ3v) is 5.68. The van der Waals surface area contributed by atoms with Crippen LogP contribution in [0, 0.1) is 18.8 Å². The van der Waals surface area contributed by atoms with Crippen molar-refractivity contribution in [3.05, 3.63) is 59.2 Å². The minimum atomic E-state index is -1.36. The minimum absolute atomic E-state index is 0.0656. The van der Waals surface area contributed by atoms with Crippen LogP contribution in [0.5, 0.6) is 0 Å². The molecule has 1 aromatic rings. The van der Waals surface area contributed by atoms with Gasteiger partial charge in [-0.25, -0.2) is 0 Å². The van der Waals surface area contributed by atoms with Crippen LogP contribution >= 0.6 is 0 Å². The first-order valence-electron chi connectivity index (χ1n) is 9.02. The lowest BCUT2D eigenvalue weighted by atomic mass is 9.66. The SMILES string of the molecule is C=C(C)C1(O)C=C(c2cn(C)nc2C)C=C(O)[C@@H]1C1C=C(C)C(O)CC1. The van der Waals surface area contributed by atoms with Crippen LogP contribution in [-0.2, 0) is 7.05 Å². The van der Waals surface area contributed by atoms with Gasteiger partial charge in [-0.3, -0.25) is 4.68 Å². The Labute approximate surface area is 154 Å². The average molecular weight is 356 g/mol. The molecule has 0 saturated carbocycles. The Kier molecular flexibility index (Phi) is 4.71. The summed E-state index contributed by atoms with van der Waals surface area (Å²) in [7, 11) is 1.85. The highest BCUT2D eigenvalue weighted by molar-refractivity contribution is 5.78. The second-order valence-electron chi connectivity index (χ2n) is 7.72. The molecule has 4 atom stereocenters. The monoisotopic (exact) mass is 356 g/mol. The van der Waals surface area contributed by atoms with Crippen LogP contribution in [0.15, 0.2) is 47.9 Å². The number of aromatic nitrogens is 2. The minimum Gasteiger partial charge on any atom is -0.512 e. The molecule has 5 heteroatoms. The lowest BCUT2D eigenvalue weighted by molar-refractivity contribution is 0.0303. The highest BCUT2D eigenvalue weighted by Crippen LogP contribution is 2.46. The van der Waals surface area contributed by atoms with E-state index in [4.69, 9.17) is 0 Å². The zero-order valence-electron chi connectivity index (χ0n) is 15.9. The van der Waals surface area contributed by atoms with Crippen LogP contribution < -0.4 is 0 Å². The van der Waals surface area contributed by atoms with Gasteiger partial charge in [0.05, 0.1) is 17.7 Å². The Morgan fingerprint density at radius 1 is 1.35 bits per heavy atom. The fourth-order valence-corrected chi connectivity index (χ4v) is 4.19. The van der Waals surface area contributed by atoms with E-state index >= 15 is 0 Å². The number of allylic oxidation sites excluding steroid dienone is 3. The maximum Gasteiger partial charge on any atom is 0.114 e. The number of aryl methyl sites for hydroxylation is 2. The van der Waals surface area contributed by atoms with Crippen LogP contribution in [0.2, 0.25) is 0 Å². The Balaban J connectivity index is 2.08. The summed E-state index contributed by atoms with van der Waals surface area (Å²) < 4.78 is 1.72. The van der Waals surface area contributed by atoms with E-state index in [0.29, 0.717) is 18.4 Å². The maximum absolute atomic E-state index is 11.5. The Bertz CT molecular complexity index is 830. The van der Waals surface area contributed by atoms with Crippen molar-refractivity contribution in [2.24, 2.45) is 18.9 Å². The van der Waals surface area contributed by atoms with E-state index in [-0.39, 0.29) is 11.7 Å². The molecular weight excluding hydrogens is 328 g/mol.